The molecule has 3 aliphatic rings. The minimum Gasteiger partial charge on any atom is -0.486 e. The van der Waals surface area contributed by atoms with Gasteiger partial charge < -0.3 is 14.8 Å². The van der Waals surface area contributed by atoms with E-state index in [9.17, 15) is 4.79 Å². The summed E-state index contributed by atoms with van der Waals surface area (Å²) in [5.41, 5.74) is 2.98. The van der Waals surface area contributed by atoms with E-state index in [1.165, 1.54) is 11.8 Å². The van der Waals surface area contributed by atoms with Gasteiger partial charge in [0.15, 0.2) is 11.5 Å². The monoisotopic (exact) mass is 412 g/mol. The first-order valence-electron chi connectivity index (χ1n) is 9.96. The van der Waals surface area contributed by atoms with Crippen LogP contribution in [0.1, 0.15) is 50.9 Å². The first-order valence-corrected chi connectivity index (χ1v) is 10.9. The standard InChI is InChI=1S/C21H24N4O3S/c1-20(2)13-6-7-21(20,3)18-17(13)24-25-19(23-18)29-11-16(26)22-12-4-5-14-15(10-12)28-9-8-27-14/h4-5,10,13H,6-9,11H2,1-3H3,(H,22,26)/t13-,21-/m0/s1. The summed E-state index contributed by atoms with van der Waals surface area (Å²) in [6, 6.07) is 5.40. The van der Waals surface area contributed by atoms with Gasteiger partial charge in [-0.15, -0.1) is 5.10 Å². The number of nitrogens with one attached hydrogen (secondary N) is 1. The maximum atomic E-state index is 12.4. The predicted molar refractivity (Wildman–Crippen MR) is 110 cm³/mol. The molecular weight excluding hydrogens is 388 g/mol. The average molecular weight is 413 g/mol. The molecule has 0 saturated heterocycles. The summed E-state index contributed by atoms with van der Waals surface area (Å²) in [7, 11) is 0. The van der Waals surface area contributed by atoms with E-state index in [1.54, 1.807) is 6.07 Å². The molecule has 7 nitrogen and oxygen atoms in total. The van der Waals surface area contributed by atoms with Gasteiger partial charge in [0.05, 0.1) is 17.1 Å². The van der Waals surface area contributed by atoms with E-state index in [4.69, 9.17) is 14.5 Å². The van der Waals surface area contributed by atoms with Gasteiger partial charge in [-0.05, 0) is 30.4 Å². The highest BCUT2D eigenvalue weighted by atomic mass is 32.2. The van der Waals surface area contributed by atoms with E-state index >= 15 is 0 Å². The van der Waals surface area contributed by atoms with E-state index in [0.717, 1.165) is 24.2 Å². The topological polar surface area (TPSA) is 86.2 Å². The van der Waals surface area contributed by atoms with E-state index < -0.39 is 0 Å². The Hall–Kier alpha value is -2.35. The zero-order chi connectivity index (χ0) is 20.2. The van der Waals surface area contributed by atoms with Crippen LogP contribution >= 0.6 is 11.8 Å². The number of amides is 1. The minimum atomic E-state index is -0.121. The zero-order valence-corrected chi connectivity index (χ0v) is 17.6. The Morgan fingerprint density at radius 1 is 1.21 bits per heavy atom. The highest BCUT2D eigenvalue weighted by Gasteiger charge is 2.61. The second-order valence-electron chi connectivity index (χ2n) is 8.67. The summed E-state index contributed by atoms with van der Waals surface area (Å²) < 4.78 is 11.1. The molecule has 5 rings (SSSR count). The van der Waals surface area contributed by atoms with Crippen molar-refractivity contribution in [3.05, 3.63) is 29.6 Å². The largest absolute Gasteiger partial charge is 0.486 e. The number of hydrogen-bond donors (Lipinski definition) is 1. The van der Waals surface area contributed by atoms with Crippen LogP contribution in [0.5, 0.6) is 11.5 Å². The van der Waals surface area contributed by atoms with Crippen molar-refractivity contribution in [1.29, 1.82) is 0 Å². The number of aromatic nitrogens is 3. The molecule has 2 aromatic rings. The second-order valence-corrected chi connectivity index (χ2v) is 9.61. The molecule has 1 fully saturated rings. The van der Waals surface area contributed by atoms with E-state index in [2.05, 4.69) is 36.3 Å². The lowest BCUT2D eigenvalue weighted by Crippen LogP contribution is -2.32. The van der Waals surface area contributed by atoms with Crippen molar-refractivity contribution in [1.82, 2.24) is 15.2 Å². The van der Waals surface area contributed by atoms with Gasteiger partial charge in [0.2, 0.25) is 11.1 Å². The lowest BCUT2D eigenvalue weighted by Gasteiger charge is -2.33. The summed E-state index contributed by atoms with van der Waals surface area (Å²) >= 11 is 1.32. The van der Waals surface area contributed by atoms with Crippen molar-refractivity contribution in [3.63, 3.8) is 0 Å². The van der Waals surface area contributed by atoms with E-state index in [-0.39, 0.29) is 22.5 Å². The van der Waals surface area contributed by atoms with E-state index in [1.807, 2.05) is 12.1 Å². The summed E-state index contributed by atoms with van der Waals surface area (Å²) in [4.78, 5) is 17.2. The van der Waals surface area contributed by atoms with Crippen molar-refractivity contribution in [2.75, 3.05) is 24.3 Å². The third kappa shape index (κ3) is 2.87. The Morgan fingerprint density at radius 3 is 2.83 bits per heavy atom. The number of thioether (sulfide) groups is 1. The maximum absolute atomic E-state index is 12.4. The molecular formula is C21H24N4O3S. The number of carbonyl (C=O) groups is 1. The van der Waals surface area contributed by atoms with Crippen LogP contribution in [-0.2, 0) is 10.2 Å². The molecule has 2 heterocycles. The Balaban J connectivity index is 1.25. The molecule has 8 heteroatoms. The number of rotatable bonds is 4. The van der Waals surface area contributed by atoms with Crippen molar-refractivity contribution in [2.45, 2.75) is 50.1 Å². The van der Waals surface area contributed by atoms with Crippen molar-refractivity contribution < 1.29 is 14.3 Å². The molecule has 1 amide bonds. The molecule has 29 heavy (non-hydrogen) atoms. The minimum absolute atomic E-state index is 0.0334. The molecule has 2 bridgehead atoms. The molecule has 0 unspecified atom stereocenters. The van der Waals surface area contributed by atoms with Crippen LogP contribution in [0.15, 0.2) is 23.4 Å². The number of carbonyl (C=O) groups excluding carboxylic acids is 1. The predicted octanol–water partition coefficient (Wildman–Crippen LogP) is 3.55. The molecule has 0 spiro atoms. The molecule has 1 N–H and O–H groups in total. The number of benzene rings is 1. The van der Waals surface area contributed by atoms with Gasteiger partial charge in [0.25, 0.3) is 0 Å². The Morgan fingerprint density at radius 2 is 2.00 bits per heavy atom. The lowest BCUT2D eigenvalue weighted by molar-refractivity contribution is -0.113. The van der Waals surface area contributed by atoms with Gasteiger partial charge in [-0.2, -0.15) is 5.10 Å². The van der Waals surface area contributed by atoms with Gasteiger partial charge in [-0.25, -0.2) is 4.98 Å². The van der Waals surface area contributed by atoms with Crippen LogP contribution in [0.2, 0.25) is 0 Å². The highest BCUT2D eigenvalue weighted by molar-refractivity contribution is 7.99. The van der Waals surface area contributed by atoms with Crippen LogP contribution in [0.3, 0.4) is 0 Å². The van der Waals surface area contributed by atoms with Gasteiger partial charge in [-0.1, -0.05) is 32.5 Å². The molecule has 1 aromatic heterocycles. The summed E-state index contributed by atoms with van der Waals surface area (Å²) in [6.07, 6.45) is 2.28. The molecule has 1 saturated carbocycles. The first kappa shape index (κ1) is 18.7. The number of hydrogen-bond acceptors (Lipinski definition) is 7. The van der Waals surface area contributed by atoms with Crippen molar-refractivity contribution >= 4 is 23.4 Å². The lowest BCUT2D eigenvalue weighted by atomic mass is 9.70. The third-order valence-corrected chi connectivity index (χ3v) is 7.77. The quantitative estimate of drug-likeness (QED) is 0.769. The fourth-order valence-corrected chi connectivity index (χ4v) is 5.46. The number of nitrogens with zero attached hydrogens (tertiary/aromatic N) is 3. The second kappa shape index (κ2) is 6.58. The molecule has 1 aliphatic heterocycles. The summed E-state index contributed by atoms with van der Waals surface area (Å²) in [5, 5.41) is 12.2. The van der Waals surface area contributed by atoms with Gasteiger partial charge in [0, 0.05) is 23.1 Å². The van der Waals surface area contributed by atoms with Crippen LogP contribution in [0.4, 0.5) is 5.69 Å². The van der Waals surface area contributed by atoms with Crippen LogP contribution in [0.25, 0.3) is 0 Å². The number of fused-ring (bicyclic) bond motifs is 6. The third-order valence-electron chi connectivity index (χ3n) is 6.93. The van der Waals surface area contributed by atoms with Crippen LogP contribution in [-0.4, -0.2) is 40.1 Å². The molecule has 2 atom stereocenters. The summed E-state index contributed by atoms with van der Waals surface area (Å²) in [6.45, 7) is 7.96. The number of anilines is 1. The fourth-order valence-electron chi connectivity index (χ4n) is 4.87. The Kier molecular flexibility index (Phi) is 4.24. The fraction of sp³-hybridized carbons (Fsp3) is 0.524. The molecule has 2 aliphatic carbocycles. The summed E-state index contributed by atoms with van der Waals surface area (Å²) in [5.74, 6) is 1.88. The number of ether oxygens (including phenoxy) is 2. The molecule has 152 valence electrons. The Bertz CT molecular complexity index is 996. The SMILES string of the molecule is CC1(C)[C@H]2CC[C@@]1(C)c1nc(SCC(=O)Nc3ccc4c(c3)OCCO4)nnc12. The smallest absolute Gasteiger partial charge is 0.234 e. The highest BCUT2D eigenvalue weighted by Crippen LogP contribution is 2.66. The van der Waals surface area contributed by atoms with Crippen molar-refractivity contribution in [2.24, 2.45) is 5.41 Å². The average Bonchev–Trinajstić information content (AvgIpc) is 3.05. The zero-order valence-electron chi connectivity index (χ0n) is 16.8. The van der Waals surface area contributed by atoms with Gasteiger partial charge in [-0.3, -0.25) is 4.79 Å². The van der Waals surface area contributed by atoms with Crippen LogP contribution in [0, 0.1) is 5.41 Å². The molecule has 0 radical (unpaired) electrons. The maximum Gasteiger partial charge on any atom is 0.234 e. The van der Waals surface area contributed by atoms with Gasteiger partial charge >= 0.3 is 0 Å². The van der Waals surface area contributed by atoms with Gasteiger partial charge in [0.1, 0.15) is 13.2 Å². The Labute approximate surface area is 174 Å². The molecule has 1 aromatic carbocycles. The normalized spacial score (nSPS) is 25.6. The van der Waals surface area contributed by atoms with Crippen LogP contribution < -0.4 is 14.8 Å². The van der Waals surface area contributed by atoms with Crippen molar-refractivity contribution in [3.8, 4) is 11.5 Å². The van der Waals surface area contributed by atoms with E-state index in [0.29, 0.717) is 41.5 Å². The first-order chi connectivity index (χ1) is 13.9.